The third kappa shape index (κ3) is 2.84. The molecule has 3 heteroatoms. The van der Waals surface area contributed by atoms with Gasteiger partial charge in [0.2, 0.25) is 0 Å². The molecular weight excluding hydrogens is 216 g/mol. The summed E-state index contributed by atoms with van der Waals surface area (Å²) >= 11 is 1.85. The molecule has 16 heavy (non-hydrogen) atoms. The lowest BCUT2D eigenvalue weighted by molar-refractivity contribution is 0.133. The summed E-state index contributed by atoms with van der Waals surface area (Å²) in [6.45, 7) is 6.42. The van der Waals surface area contributed by atoms with E-state index in [-0.39, 0.29) is 0 Å². The van der Waals surface area contributed by atoms with Crippen molar-refractivity contribution in [1.29, 1.82) is 0 Å². The fourth-order valence-electron chi connectivity index (χ4n) is 2.34. The summed E-state index contributed by atoms with van der Waals surface area (Å²) in [7, 11) is 0. The van der Waals surface area contributed by atoms with Crippen LogP contribution < -0.4 is 5.73 Å². The van der Waals surface area contributed by atoms with Crippen molar-refractivity contribution in [2.75, 3.05) is 6.54 Å². The summed E-state index contributed by atoms with van der Waals surface area (Å²) < 4.78 is 0. The minimum Gasteiger partial charge on any atom is -0.329 e. The Bertz CT molecular complexity index is 304. The van der Waals surface area contributed by atoms with Crippen LogP contribution in [0.15, 0.2) is 17.5 Å². The highest BCUT2D eigenvalue weighted by Crippen LogP contribution is 2.36. The van der Waals surface area contributed by atoms with Gasteiger partial charge in [0, 0.05) is 30.1 Å². The van der Waals surface area contributed by atoms with Crippen LogP contribution in [-0.2, 0) is 6.54 Å². The molecule has 0 saturated heterocycles. The summed E-state index contributed by atoms with van der Waals surface area (Å²) in [6, 6.07) is 5.52. The predicted molar refractivity (Wildman–Crippen MR) is 70.6 cm³/mol. The molecule has 0 aromatic carbocycles. The van der Waals surface area contributed by atoms with Crippen LogP contribution in [0.2, 0.25) is 0 Å². The molecule has 1 aliphatic rings. The highest BCUT2D eigenvalue weighted by Gasteiger charge is 2.35. The van der Waals surface area contributed by atoms with E-state index in [9.17, 15) is 0 Å². The molecular formula is C13H22N2S. The maximum Gasteiger partial charge on any atom is 0.0334 e. The number of rotatable bonds is 6. The van der Waals surface area contributed by atoms with Gasteiger partial charge in [-0.3, -0.25) is 4.90 Å². The van der Waals surface area contributed by atoms with Gasteiger partial charge in [-0.25, -0.2) is 0 Å². The molecule has 1 atom stereocenters. The Morgan fingerprint density at radius 1 is 1.50 bits per heavy atom. The van der Waals surface area contributed by atoms with Gasteiger partial charge in [0.1, 0.15) is 0 Å². The first-order chi connectivity index (χ1) is 7.72. The van der Waals surface area contributed by atoms with Crippen LogP contribution in [-0.4, -0.2) is 23.5 Å². The third-order valence-electron chi connectivity index (χ3n) is 3.42. The average Bonchev–Trinajstić information content (AvgIpc) is 2.95. The quantitative estimate of drug-likeness (QED) is 0.825. The molecule has 0 spiro atoms. The van der Waals surface area contributed by atoms with Gasteiger partial charge >= 0.3 is 0 Å². The second-order valence-electron chi connectivity index (χ2n) is 4.99. The van der Waals surface area contributed by atoms with Gasteiger partial charge in [0.15, 0.2) is 0 Å². The van der Waals surface area contributed by atoms with Gasteiger partial charge in [0.25, 0.3) is 0 Å². The number of nitrogens with two attached hydrogens (primary N) is 1. The molecule has 0 radical (unpaired) electrons. The first-order valence-corrected chi connectivity index (χ1v) is 7.08. The zero-order chi connectivity index (χ0) is 11.5. The fourth-order valence-corrected chi connectivity index (χ4v) is 3.06. The SMILES string of the molecule is CC(C)N(Cc1cccs1)C(CN)C1CC1. The van der Waals surface area contributed by atoms with Crippen molar-refractivity contribution in [2.45, 2.75) is 45.3 Å². The molecule has 0 aliphatic heterocycles. The molecule has 1 aliphatic carbocycles. The molecule has 2 nitrogen and oxygen atoms in total. The van der Waals surface area contributed by atoms with Crippen molar-refractivity contribution in [3.63, 3.8) is 0 Å². The monoisotopic (exact) mass is 238 g/mol. The summed E-state index contributed by atoms with van der Waals surface area (Å²) in [4.78, 5) is 4.02. The Kier molecular flexibility index (Phi) is 4.00. The van der Waals surface area contributed by atoms with Crippen molar-refractivity contribution < 1.29 is 0 Å². The van der Waals surface area contributed by atoms with Crippen LogP contribution in [0.4, 0.5) is 0 Å². The number of thiophene rings is 1. The second kappa shape index (κ2) is 5.30. The molecule has 0 bridgehead atoms. The summed E-state index contributed by atoms with van der Waals surface area (Å²) in [5, 5.41) is 2.16. The van der Waals surface area contributed by atoms with E-state index in [1.165, 1.54) is 17.7 Å². The van der Waals surface area contributed by atoms with Gasteiger partial charge in [-0.15, -0.1) is 11.3 Å². The molecule has 0 amide bonds. The topological polar surface area (TPSA) is 29.3 Å². The van der Waals surface area contributed by atoms with E-state index in [4.69, 9.17) is 5.73 Å². The number of nitrogens with zero attached hydrogens (tertiary/aromatic N) is 1. The van der Waals surface area contributed by atoms with Gasteiger partial charge in [-0.05, 0) is 44.1 Å². The highest BCUT2D eigenvalue weighted by atomic mass is 32.1. The van der Waals surface area contributed by atoms with E-state index >= 15 is 0 Å². The maximum atomic E-state index is 5.94. The third-order valence-corrected chi connectivity index (χ3v) is 4.28. The first kappa shape index (κ1) is 12.1. The van der Waals surface area contributed by atoms with Gasteiger partial charge < -0.3 is 5.73 Å². The van der Waals surface area contributed by atoms with Gasteiger partial charge in [-0.2, -0.15) is 0 Å². The molecule has 2 N–H and O–H groups in total. The zero-order valence-corrected chi connectivity index (χ0v) is 11.0. The van der Waals surface area contributed by atoms with Crippen molar-refractivity contribution in [3.05, 3.63) is 22.4 Å². The zero-order valence-electron chi connectivity index (χ0n) is 10.2. The van der Waals surface area contributed by atoms with E-state index in [2.05, 4.69) is 36.3 Å². The van der Waals surface area contributed by atoms with E-state index in [0.717, 1.165) is 19.0 Å². The van der Waals surface area contributed by atoms with E-state index in [1.54, 1.807) is 0 Å². The van der Waals surface area contributed by atoms with Crippen LogP contribution in [0, 0.1) is 5.92 Å². The van der Waals surface area contributed by atoms with Crippen molar-refractivity contribution >= 4 is 11.3 Å². The van der Waals surface area contributed by atoms with Crippen LogP contribution in [0.3, 0.4) is 0 Å². The summed E-state index contributed by atoms with van der Waals surface area (Å²) in [6.07, 6.45) is 2.74. The minimum absolute atomic E-state index is 0.580. The van der Waals surface area contributed by atoms with Crippen molar-refractivity contribution in [2.24, 2.45) is 11.7 Å². The van der Waals surface area contributed by atoms with E-state index < -0.39 is 0 Å². The second-order valence-corrected chi connectivity index (χ2v) is 6.02. The molecule has 2 rings (SSSR count). The number of hydrogen-bond donors (Lipinski definition) is 1. The number of hydrogen-bond acceptors (Lipinski definition) is 3. The Labute approximate surface area is 102 Å². The predicted octanol–water partition coefficient (Wildman–Crippen LogP) is 2.70. The normalized spacial score (nSPS) is 18.3. The van der Waals surface area contributed by atoms with Crippen LogP contribution >= 0.6 is 11.3 Å². The van der Waals surface area contributed by atoms with Crippen molar-refractivity contribution in [3.8, 4) is 0 Å². The summed E-state index contributed by atoms with van der Waals surface area (Å²) in [5.41, 5.74) is 5.94. The standard InChI is InChI=1S/C13H22N2S/c1-10(2)15(9-12-4-3-7-16-12)13(8-14)11-5-6-11/h3-4,7,10-11,13H,5-6,8-9,14H2,1-2H3. The van der Waals surface area contributed by atoms with Crippen LogP contribution in [0.1, 0.15) is 31.6 Å². The van der Waals surface area contributed by atoms with Gasteiger partial charge in [0.05, 0.1) is 0 Å². The van der Waals surface area contributed by atoms with E-state index in [1.807, 2.05) is 11.3 Å². The minimum atomic E-state index is 0.580. The highest BCUT2D eigenvalue weighted by molar-refractivity contribution is 7.09. The lowest BCUT2D eigenvalue weighted by Crippen LogP contribution is -2.45. The fraction of sp³-hybridized carbons (Fsp3) is 0.692. The van der Waals surface area contributed by atoms with Gasteiger partial charge in [-0.1, -0.05) is 6.07 Å². The molecule has 90 valence electrons. The molecule has 1 fully saturated rings. The molecule has 1 heterocycles. The van der Waals surface area contributed by atoms with Crippen molar-refractivity contribution in [1.82, 2.24) is 4.90 Å². The Balaban J connectivity index is 2.03. The Morgan fingerprint density at radius 2 is 2.25 bits per heavy atom. The molecule has 1 unspecified atom stereocenters. The van der Waals surface area contributed by atoms with Crippen LogP contribution in [0.25, 0.3) is 0 Å². The molecule has 1 aromatic rings. The Hall–Kier alpha value is -0.380. The molecule has 1 saturated carbocycles. The first-order valence-electron chi connectivity index (χ1n) is 6.20. The molecule has 1 aromatic heterocycles. The largest absolute Gasteiger partial charge is 0.329 e. The summed E-state index contributed by atoms with van der Waals surface area (Å²) in [5.74, 6) is 0.854. The van der Waals surface area contributed by atoms with Crippen LogP contribution in [0.5, 0.6) is 0 Å². The van der Waals surface area contributed by atoms with E-state index in [0.29, 0.717) is 12.1 Å². The average molecular weight is 238 g/mol. The maximum absolute atomic E-state index is 5.94. The smallest absolute Gasteiger partial charge is 0.0334 e. The lowest BCUT2D eigenvalue weighted by atomic mass is 10.1. The Morgan fingerprint density at radius 3 is 2.69 bits per heavy atom. The lowest BCUT2D eigenvalue weighted by Gasteiger charge is -2.34.